The Morgan fingerprint density at radius 1 is 0.839 bits per heavy atom. The molecule has 0 amide bonds. The molecule has 1 atom stereocenters. The van der Waals surface area contributed by atoms with Gasteiger partial charge in [0.05, 0.1) is 14.2 Å². The average Bonchev–Trinajstić information content (AvgIpc) is 2.72. The average molecular weight is 509 g/mol. The first-order valence-electron chi connectivity index (χ1n) is 9.21. The highest BCUT2D eigenvalue weighted by Crippen LogP contribution is 2.34. The maximum atomic E-state index is 13.3. The van der Waals surface area contributed by atoms with Gasteiger partial charge in [-0.1, -0.05) is 23.2 Å². The standard InChI is InChI=1S/C19H22Cl2N2O6S2/c1-13-12-22(30(24,25)18-6-4-14(20)10-16(18)28-2)8-9-23(13)31(26,27)19-7-5-15(21)11-17(19)29-3/h4-7,10-11,13H,8-9,12H2,1-3H3/t13-/m1/s1. The van der Waals surface area contributed by atoms with Crippen molar-refractivity contribution < 1.29 is 26.3 Å². The highest BCUT2D eigenvalue weighted by molar-refractivity contribution is 7.89. The minimum Gasteiger partial charge on any atom is -0.495 e. The van der Waals surface area contributed by atoms with Gasteiger partial charge < -0.3 is 9.47 Å². The van der Waals surface area contributed by atoms with Gasteiger partial charge in [0.2, 0.25) is 20.0 Å². The van der Waals surface area contributed by atoms with E-state index < -0.39 is 26.1 Å². The Balaban J connectivity index is 1.89. The molecule has 3 rings (SSSR count). The summed E-state index contributed by atoms with van der Waals surface area (Å²) in [5.74, 6) is 0.252. The van der Waals surface area contributed by atoms with Gasteiger partial charge in [-0.3, -0.25) is 0 Å². The summed E-state index contributed by atoms with van der Waals surface area (Å²) in [6.45, 7) is 1.59. The van der Waals surface area contributed by atoms with E-state index in [1.165, 1.54) is 59.2 Å². The fourth-order valence-electron chi connectivity index (χ4n) is 3.46. The molecule has 2 aromatic rings. The van der Waals surface area contributed by atoms with Gasteiger partial charge in [-0.2, -0.15) is 8.61 Å². The predicted octanol–water partition coefficient (Wildman–Crippen LogP) is 3.09. The summed E-state index contributed by atoms with van der Waals surface area (Å²) in [5, 5.41) is 0.689. The molecule has 0 bridgehead atoms. The maximum Gasteiger partial charge on any atom is 0.247 e. The number of benzene rings is 2. The zero-order valence-corrected chi connectivity index (χ0v) is 20.2. The van der Waals surface area contributed by atoms with Crippen LogP contribution in [-0.4, -0.2) is 65.3 Å². The largest absolute Gasteiger partial charge is 0.495 e. The second-order valence-electron chi connectivity index (χ2n) is 6.92. The Hall–Kier alpha value is -1.56. The molecule has 0 aliphatic carbocycles. The van der Waals surface area contributed by atoms with Crippen molar-refractivity contribution in [2.24, 2.45) is 0 Å². The Morgan fingerprint density at radius 2 is 1.32 bits per heavy atom. The molecule has 1 aliphatic heterocycles. The molecule has 12 heteroatoms. The van der Waals surface area contributed by atoms with Crippen molar-refractivity contribution in [2.45, 2.75) is 22.8 Å². The molecular weight excluding hydrogens is 487 g/mol. The third-order valence-corrected chi connectivity index (χ3v) is 9.41. The van der Waals surface area contributed by atoms with E-state index in [1.807, 2.05) is 0 Å². The van der Waals surface area contributed by atoms with Crippen LogP contribution in [0.2, 0.25) is 10.0 Å². The van der Waals surface area contributed by atoms with Gasteiger partial charge in [-0.25, -0.2) is 16.8 Å². The van der Waals surface area contributed by atoms with E-state index in [2.05, 4.69) is 0 Å². The molecule has 0 spiro atoms. The molecule has 0 N–H and O–H groups in total. The molecule has 1 aliphatic rings. The molecular formula is C19H22Cl2N2O6S2. The predicted molar refractivity (Wildman–Crippen MR) is 118 cm³/mol. The highest BCUT2D eigenvalue weighted by Gasteiger charge is 2.39. The third-order valence-electron chi connectivity index (χ3n) is 4.99. The lowest BCUT2D eigenvalue weighted by Crippen LogP contribution is -2.55. The number of rotatable bonds is 6. The van der Waals surface area contributed by atoms with Crippen LogP contribution in [0, 0.1) is 0 Å². The topological polar surface area (TPSA) is 93.2 Å². The number of methoxy groups -OCH3 is 2. The summed E-state index contributed by atoms with van der Waals surface area (Å²) in [6, 6.07) is 7.92. The summed E-state index contributed by atoms with van der Waals surface area (Å²) >= 11 is 11.9. The molecule has 31 heavy (non-hydrogen) atoms. The quantitative estimate of drug-likeness (QED) is 0.594. The highest BCUT2D eigenvalue weighted by atomic mass is 35.5. The first-order chi connectivity index (χ1) is 14.5. The summed E-state index contributed by atoms with van der Waals surface area (Å²) in [7, 11) is -5.14. The zero-order chi connectivity index (χ0) is 23.0. The summed E-state index contributed by atoms with van der Waals surface area (Å²) in [6.07, 6.45) is 0. The van der Waals surface area contributed by atoms with Gasteiger partial charge >= 0.3 is 0 Å². The minimum atomic E-state index is -3.94. The van der Waals surface area contributed by atoms with Crippen LogP contribution >= 0.6 is 23.2 Å². The number of sulfonamides is 2. The number of piperazine rings is 1. The van der Waals surface area contributed by atoms with Gasteiger partial charge in [0.1, 0.15) is 21.3 Å². The van der Waals surface area contributed by atoms with E-state index in [0.29, 0.717) is 10.0 Å². The van der Waals surface area contributed by atoms with E-state index in [0.717, 1.165) is 0 Å². The monoisotopic (exact) mass is 508 g/mol. The van der Waals surface area contributed by atoms with Crippen LogP contribution in [0.5, 0.6) is 11.5 Å². The molecule has 2 aromatic carbocycles. The van der Waals surface area contributed by atoms with Crippen LogP contribution < -0.4 is 9.47 Å². The minimum absolute atomic E-state index is 0.0202. The molecule has 1 heterocycles. The SMILES string of the molecule is COc1cc(Cl)ccc1S(=O)(=O)N1CCN(S(=O)(=O)c2ccc(Cl)cc2OC)[C@H](C)C1. The van der Waals surface area contributed by atoms with Crippen molar-refractivity contribution >= 4 is 43.2 Å². The zero-order valence-electron chi connectivity index (χ0n) is 17.1. The Kier molecular flexibility index (Phi) is 7.09. The Labute approximate surface area is 192 Å². The normalized spacial score (nSPS) is 18.7. The fraction of sp³-hybridized carbons (Fsp3) is 0.368. The van der Waals surface area contributed by atoms with Gasteiger partial charge in [-0.15, -0.1) is 0 Å². The van der Waals surface area contributed by atoms with Crippen molar-refractivity contribution in [3.8, 4) is 11.5 Å². The number of halogens is 2. The van der Waals surface area contributed by atoms with Crippen LogP contribution in [0.3, 0.4) is 0 Å². The number of nitrogens with zero attached hydrogens (tertiary/aromatic N) is 2. The van der Waals surface area contributed by atoms with Gasteiger partial charge in [0, 0.05) is 47.9 Å². The maximum absolute atomic E-state index is 13.3. The van der Waals surface area contributed by atoms with E-state index in [-0.39, 0.29) is 40.9 Å². The lowest BCUT2D eigenvalue weighted by atomic mass is 10.3. The summed E-state index contributed by atoms with van der Waals surface area (Å²) < 4.78 is 65.8. The van der Waals surface area contributed by atoms with Crippen molar-refractivity contribution in [3.05, 3.63) is 46.4 Å². The van der Waals surface area contributed by atoms with Crippen LogP contribution in [0.4, 0.5) is 0 Å². The van der Waals surface area contributed by atoms with Crippen LogP contribution in [-0.2, 0) is 20.0 Å². The number of hydrogen-bond acceptors (Lipinski definition) is 6. The molecule has 1 saturated heterocycles. The Bertz CT molecular complexity index is 1190. The second kappa shape index (κ2) is 9.13. The van der Waals surface area contributed by atoms with Crippen molar-refractivity contribution in [3.63, 3.8) is 0 Å². The number of ether oxygens (including phenoxy) is 2. The Morgan fingerprint density at radius 3 is 1.77 bits per heavy atom. The molecule has 1 fully saturated rings. The van der Waals surface area contributed by atoms with Crippen LogP contribution in [0.1, 0.15) is 6.92 Å². The fourth-order valence-corrected chi connectivity index (χ4v) is 7.18. The van der Waals surface area contributed by atoms with Gasteiger partial charge in [0.15, 0.2) is 0 Å². The first-order valence-corrected chi connectivity index (χ1v) is 12.8. The molecule has 0 aromatic heterocycles. The molecule has 0 saturated carbocycles. The first kappa shape index (κ1) is 24.1. The second-order valence-corrected chi connectivity index (χ2v) is 11.6. The molecule has 0 radical (unpaired) electrons. The summed E-state index contributed by atoms with van der Waals surface area (Å²) in [5.41, 5.74) is 0. The van der Waals surface area contributed by atoms with Crippen LogP contribution in [0.25, 0.3) is 0 Å². The molecule has 170 valence electrons. The van der Waals surface area contributed by atoms with E-state index in [4.69, 9.17) is 32.7 Å². The smallest absolute Gasteiger partial charge is 0.247 e. The van der Waals surface area contributed by atoms with Gasteiger partial charge in [-0.05, 0) is 31.2 Å². The molecule has 0 unspecified atom stereocenters. The lowest BCUT2D eigenvalue weighted by molar-refractivity contribution is 0.212. The number of hydrogen-bond donors (Lipinski definition) is 0. The lowest BCUT2D eigenvalue weighted by Gasteiger charge is -2.38. The van der Waals surface area contributed by atoms with E-state index in [9.17, 15) is 16.8 Å². The van der Waals surface area contributed by atoms with Crippen molar-refractivity contribution in [1.82, 2.24) is 8.61 Å². The van der Waals surface area contributed by atoms with Crippen molar-refractivity contribution in [1.29, 1.82) is 0 Å². The summed E-state index contributed by atoms with van der Waals surface area (Å²) in [4.78, 5) is -0.0517. The third kappa shape index (κ3) is 4.64. The van der Waals surface area contributed by atoms with Crippen LogP contribution in [0.15, 0.2) is 46.2 Å². The van der Waals surface area contributed by atoms with E-state index >= 15 is 0 Å². The molecule has 8 nitrogen and oxygen atoms in total. The van der Waals surface area contributed by atoms with Crippen molar-refractivity contribution in [2.75, 3.05) is 33.9 Å². The van der Waals surface area contributed by atoms with E-state index in [1.54, 1.807) is 6.92 Å². The van der Waals surface area contributed by atoms with Gasteiger partial charge in [0.25, 0.3) is 0 Å².